The average molecular weight is 136 g/mol. The molecule has 0 aliphatic heterocycles. The smallest absolute Gasteiger partial charge is 0.319 e. The van der Waals surface area contributed by atoms with E-state index in [1.807, 2.05) is 0 Å². The van der Waals surface area contributed by atoms with Crippen LogP contribution in [0, 0.1) is 0 Å². The number of hydrogen-bond donors (Lipinski definition) is 0. The van der Waals surface area contributed by atoms with E-state index in [1.54, 1.807) is 0 Å². The summed E-state index contributed by atoms with van der Waals surface area (Å²) in [4.78, 5) is 14.1. The van der Waals surface area contributed by atoms with E-state index in [4.69, 9.17) is 11.6 Å². The molecule has 0 spiro atoms. The van der Waals surface area contributed by atoms with Gasteiger partial charge in [0, 0.05) is 6.92 Å². The standard InChI is InChI=1S/C4H6ClNO2/c1-4(7)8-6-3-2-5/h3H,2H2,1H3/b6-3+. The van der Waals surface area contributed by atoms with E-state index in [1.165, 1.54) is 13.1 Å². The SMILES string of the molecule is CC(=O)O/N=C/CCl. The van der Waals surface area contributed by atoms with Crippen molar-refractivity contribution >= 4 is 23.8 Å². The van der Waals surface area contributed by atoms with Gasteiger partial charge in [0.25, 0.3) is 0 Å². The number of halogens is 1. The highest BCUT2D eigenvalue weighted by molar-refractivity contribution is 6.24. The summed E-state index contributed by atoms with van der Waals surface area (Å²) in [6.45, 7) is 1.27. The number of carbonyl (C=O) groups is 1. The van der Waals surface area contributed by atoms with Gasteiger partial charge >= 0.3 is 5.97 Å². The Morgan fingerprint density at radius 1 is 2.00 bits per heavy atom. The number of rotatable bonds is 2. The third-order valence-corrected chi connectivity index (χ3v) is 0.463. The van der Waals surface area contributed by atoms with E-state index < -0.39 is 5.97 Å². The number of carbonyl (C=O) groups excluding carboxylic acids is 1. The van der Waals surface area contributed by atoms with Crippen molar-refractivity contribution in [2.75, 3.05) is 5.88 Å². The van der Waals surface area contributed by atoms with Crippen molar-refractivity contribution in [3.8, 4) is 0 Å². The summed E-state index contributed by atoms with van der Waals surface area (Å²) in [7, 11) is 0. The van der Waals surface area contributed by atoms with E-state index >= 15 is 0 Å². The van der Waals surface area contributed by atoms with Gasteiger partial charge in [0.2, 0.25) is 0 Å². The molecule has 0 N–H and O–H groups in total. The molecule has 0 saturated carbocycles. The zero-order valence-electron chi connectivity index (χ0n) is 4.43. The number of oxime groups is 1. The molecule has 0 bridgehead atoms. The lowest BCUT2D eigenvalue weighted by atomic mass is 10.8. The first kappa shape index (κ1) is 7.43. The molecule has 3 nitrogen and oxygen atoms in total. The molecular weight excluding hydrogens is 130 g/mol. The number of alkyl halides is 1. The molecule has 0 aromatic rings. The summed E-state index contributed by atoms with van der Waals surface area (Å²) in [5, 5.41) is 3.18. The maximum absolute atomic E-state index is 9.94. The van der Waals surface area contributed by atoms with Crippen LogP contribution in [0.1, 0.15) is 6.92 Å². The molecule has 0 fully saturated rings. The topological polar surface area (TPSA) is 38.7 Å². The molecule has 0 heterocycles. The lowest BCUT2D eigenvalue weighted by molar-refractivity contribution is -0.140. The minimum absolute atomic E-state index is 0.257. The van der Waals surface area contributed by atoms with Gasteiger partial charge < -0.3 is 4.84 Å². The lowest BCUT2D eigenvalue weighted by Gasteiger charge is -1.84. The maximum Gasteiger partial charge on any atom is 0.331 e. The van der Waals surface area contributed by atoms with Gasteiger partial charge in [0.1, 0.15) is 0 Å². The van der Waals surface area contributed by atoms with E-state index in [0.717, 1.165) is 0 Å². The van der Waals surface area contributed by atoms with E-state index in [-0.39, 0.29) is 5.88 Å². The Kier molecular flexibility index (Phi) is 4.26. The highest BCUT2D eigenvalue weighted by Crippen LogP contribution is 1.75. The molecule has 4 heteroatoms. The Hall–Kier alpha value is -0.570. The fourth-order valence-electron chi connectivity index (χ4n) is 0.140. The van der Waals surface area contributed by atoms with Gasteiger partial charge in [0.05, 0.1) is 12.1 Å². The molecule has 0 radical (unpaired) electrons. The van der Waals surface area contributed by atoms with E-state index in [2.05, 4.69) is 9.99 Å². The highest BCUT2D eigenvalue weighted by Gasteiger charge is 1.83. The van der Waals surface area contributed by atoms with Crippen LogP contribution in [-0.2, 0) is 9.63 Å². The second kappa shape index (κ2) is 4.59. The van der Waals surface area contributed by atoms with Crippen LogP contribution < -0.4 is 0 Å². The minimum atomic E-state index is -0.439. The second-order valence-corrected chi connectivity index (χ2v) is 1.33. The van der Waals surface area contributed by atoms with Crippen molar-refractivity contribution < 1.29 is 9.63 Å². The molecule has 0 aliphatic rings. The van der Waals surface area contributed by atoms with Crippen LogP contribution in [-0.4, -0.2) is 18.1 Å². The first-order valence-electron chi connectivity index (χ1n) is 2.02. The van der Waals surface area contributed by atoms with Crippen molar-refractivity contribution in [1.82, 2.24) is 0 Å². The van der Waals surface area contributed by atoms with Crippen LogP contribution in [0.2, 0.25) is 0 Å². The summed E-state index contributed by atoms with van der Waals surface area (Å²) in [5.74, 6) is -0.181. The second-order valence-electron chi connectivity index (χ2n) is 1.03. The molecule has 0 aromatic carbocycles. The normalized spacial score (nSPS) is 9.75. The zero-order valence-corrected chi connectivity index (χ0v) is 5.18. The van der Waals surface area contributed by atoms with Gasteiger partial charge in [-0.3, -0.25) is 0 Å². The highest BCUT2D eigenvalue weighted by atomic mass is 35.5. The molecule has 0 atom stereocenters. The van der Waals surface area contributed by atoms with Gasteiger partial charge in [-0.1, -0.05) is 5.16 Å². The summed E-state index contributed by atoms with van der Waals surface area (Å²) in [6.07, 6.45) is 1.29. The van der Waals surface area contributed by atoms with Crippen molar-refractivity contribution in [3.05, 3.63) is 0 Å². The molecule has 0 amide bonds. The average Bonchev–Trinajstić information content (AvgIpc) is 1.66. The first-order chi connectivity index (χ1) is 3.77. The fourth-order valence-corrected chi connectivity index (χ4v) is 0.196. The van der Waals surface area contributed by atoms with Crippen LogP contribution in [0.15, 0.2) is 5.16 Å². The van der Waals surface area contributed by atoms with Gasteiger partial charge in [0.15, 0.2) is 0 Å². The van der Waals surface area contributed by atoms with Crippen molar-refractivity contribution in [1.29, 1.82) is 0 Å². The first-order valence-corrected chi connectivity index (χ1v) is 2.56. The molecule has 46 valence electrons. The van der Waals surface area contributed by atoms with Crippen LogP contribution in [0.25, 0.3) is 0 Å². The van der Waals surface area contributed by atoms with E-state index in [0.29, 0.717) is 0 Å². The monoisotopic (exact) mass is 135 g/mol. The van der Waals surface area contributed by atoms with Crippen LogP contribution in [0.5, 0.6) is 0 Å². The van der Waals surface area contributed by atoms with Crippen molar-refractivity contribution in [2.24, 2.45) is 5.16 Å². The number of hydrogen-bond acceptors (Lipinski definition) is 3. The van der Waals surface area contributed by atoms with Crippen LogP contribution in [0.3, 0.4) is 0 Å². The molecule has 8 heavy (non-hydrogen) atoms. The Labute approximate surface area is 52.3 Å². The molecular formula is C4H6ClNO2. The van der Waals surface area contributed by atoms with Gasteiger partial charge in [-0.2, -0.15) is 0 Å². The fraction of sp³-hybridized carbons (Fsp3) is 0.500. The van der Waals surface area contributed by atoms with E-state index in [9.17, 15) is 4.79 Å². The Bertz CT molecular complexity index is 102. The maximum atomic E-state index is 9.94. The summed E-state index contributed by atoms with van der Waals surface area (Å²) in [6, 6.07) is 0. The lowest BCUT2D eigenvalue weighted by Crippen LogP contribution is -1.90. The van der Waals surface area contributed by atoms with Gasteiger partial charge in [-0.05, 0) is 0 Å². The predicted molar refractivity (Wildman–Crippen MR) is 31.0 cm³/mol. The largest absolute Gasteiger partial charge is 0.331 e. The summed E-state index contributed by atoms with van der Waals surface area (Å²) < 4.78 is 0. The van der Waals surface area contributed by atoms with Gasteiger partial charge in [-0.15, -0.1) is 11.6 Å². The zero-order chi connectivity index (χ0) is 6.41. The van der Waals surface area contributed by atoms with Crippen molar-refractivity contribution in [2.45, 2.75) is 6.92 Å². The Morgan fingerprint density at radius 2 is 2.62 bits per heavy atom. The molecule has 0 unspecified atom stereocenters. The van der Waals surface area contributed by atoms with Crippen LogP contribution in [0.4, 0.5) is 0 Å². The third kappa shape index (κ3) is 5.43. The predicted octanol–water partition coefficient (Wildman–Crippen LogP) is 0.774. The quantitative estimate of drug-likeness (QED) is 0.243. The van der Waals surface area contributed by atoms with Crippen molar-refractivity contribution in [3.63, 3.8) is 0 Å². The minimum Gasteiger partial charge on any atom is -0.319 e. The third-order valence-electron chi connectivity index (χ3n) is 0.325. The Morgan fingerprint density at radius 3 is 3.00 bits per heavy atom. The molecule has 0 aliphatic carbocycles. The molecule has 0 aromatic heterocycles. The molecule has 0 saturated heterocycles. The molecule has 0 rings (SSSR count). The summed E-state index contributed by atoms with van der Waals surface area (Å²) in [5.41, 5.74) is 0. The van der Waals surface area contributed by atoms with Gasteiger partial charge in [-0.25, -0.2) is 4.79 Å². The summed E-state index contributed by atoms with van der Waals surface area (Å²) >= 11 is 5.14. The number of nitrogens with zero attached hydrogens (tertiary/aromatic N) is 1. The van der Waals surface area contributed by atoms with Crippen LogP contribution >= 0.6 is 11.6 Å². The Balaban J connectivity index is 3.16.